The van der Waals surface area contributed by atoms with Crippen LogP contribution in [-0.2, 0) is 7.05 Å². The zero-order valence-electron chi connectivity index (χ0n) is 8.34. The van der Waals surface area contributed by atoms with Crippen LogP contribution in [0.1, 0.15) is 0 Å². The molecule has 16 heavy (non-hydrogen) atoms. The van der Waals surface area contributed by atoms with Crippen LogP contribution >= 0.6 is 23.2 Å². The van der Waals surface area contributed by atoms with Crippen LogP contribution in [0.2, 0.25) is 10.0 Å². The first-order valence-electron chi connectivity index (χ1n) is 4.43. The summed E-state index contributed by atoms with van der Waals surface area (Å²) in [4.78, 5) is 0. The normalized spacial score (nSPS) is 10.8. The number of rotatable bonds is 1. The first kappa shape index (κ1) is 11.2. The van der Waals surface area contributed by atoms with E-state index in [1.54, 1.807) is 13.2 Å². The Balaban J connectivity index is 2.64. The molecule has 3 nitrogen and oxygen atoms in total. The predicted molar refractivity (Wildman–Crippen MR) is 63.0 cm³/mol. The highest BCUT2D eigenvalue weighted by molar-refractivity contribution is 6.36. The summed E-state index contributed by atoms with van der Waals surface area (Å²) in [5.41, 5.74) is 7.05. The lowest BCUT2D eigenvalue weighted by Crippen LogP contribution is -1.91. The van der Waals surface area contributed by atoms with Crippen LogP contribution < -0.4 is 5.73 Å². The Morgan fingerprint density at radius 2 is 2.00 bits per heavy atom. The molecule has 0 radical (unpaired) electrons. The van der Waals surface area contributed by atoms with Crippen LogP contribution in [-0.4, -0.2) is 9.78 Å². The summed E-state index contributed by atoms with van der Waals surface area (Å²) in [7, 11) is 1.72. The molecule has 0 spiro atoms. The first-order valence-corrected chi connectivity index (χ1v) is 5.18. The van der Waals surface area contributed by atoms with Gasteiger partial charge in [-0.05, 0) is 12.1 Å². The fraction of sp³-hybridized carbons (Fsp3) is 0.100. The van der Waals surface area contributed by atoms with Crippen molar-refractivity contribution in [3.8, 4) is 11.3 Å². The van der Waals surface area contributed by atoms with Gasteiger partial charge in [-0.3, -0.25) is 4.68 Å². The number of aryl methyl sites for hydroxylation is 1. The Kier molecular flexibility index (Phi) is 2.78. The number of hydrogen-bond donors (Lipinski definition) is 1. The van der Waals surface area contributed by atoms with E-state index < -0.39 is 5.82 Å². The molecule has 0 aliphatic heterocycles. The van der Waals surface area contributed by atoms with Crippen molar-refractivity contribution in [2.75, 3.05) is 5.73 Å². The van der Waals surface area contributed by atoms with Crippen LogP contribution in [0, 0.1) is 5.82 Å². The minimum Gasteiger partial charge on any atom is -0.396 e. The van der Waals surface area contributed by atoms with Gasteiger partial charge in [0.15, 0.2) is 0 Å². The number of benzene rings is 1. The van der Waals surface area contributed by atoms with Crippen LogP contribution in [0.25, 0.3) is 11.3 Å². The third-order valence-corrected chi connectivity index (χ3v) is 2.72. The molecule has 0 aliphatic carbocycles. The summed E-state index contributed by atoms with van der Waals surface area (Å²) in [6.07, 6.45) is 1.62. The summed E-state index contributed by atoms with van der Waals surface area (Å²) in [5.74, 6) is -0.550. The summed E-state index contributed by atoms with van der Waals surface area (Å²) in [6, 6.07) is 2.56. The van der Waals surface area contributed by atoms with Crippen molar-refractivity contribution in [1.82, 2.24) is 9.78 Å². The third kappa shape index (κ3) is 1.86. The molecule has 0 amide bonds. The molecule has 0 atom stereocenters. The average molecular weight is 260 g/mol. The highest BCUT2D eigenvalue weighted by Crippen LogP contribution is 2.33. The molecule has 0 fully saturated rings. The van der Waals surface area contributed by atoms with Crippen LogP contribution in [0.5, 0.6) is 0 Å². The van der Waals surface area contributed by atoms with Crippen LogP contribution in [0.3, 0.4) is 0 Å². The number of nitrogens with two attached hydrogens (primary N) is 1. The number of nitrogens with zero attached hydrogens (tertiary/aromatic N) is 2. The van der Waals surface area contributed by atoms with E-state index in [0.717, 1.165) is 0 Å². The van der Waals surface area contributed by atoms with Gasteiger partial charge < -0.3 is 5.73 Å². The maximum atomic E-state index is 13.3. The van der Waals surface area contributed by atoms with E-state index in [1.165, 1.54) is 16.8 Å². The van der Waals surface area contributed by atoms with Gasteiger partial charge in [0.1, 0.15) is 11.5 Å². The number of hydrogen-bond acceptors (Lipinski definition) is 2. The van der Waals surface area contributed by atoms with E-state index in [1.807, 2.05) is 0 Å². The fourth-order valence-electron chi connectivity index (χ4n) is 1.42. The van der Waals surface area contributed by atoms with Crippen molar-refractivity contribution in [3.05, 3.63) is 34.2 Å². The van der Waals surface area contributed by atoms with Gasteiger partial charge in [-0.25, -0.2) is 4.39 Å². The van der Waals surface area contributed by atoms with E-state index in [9.17, 15) is 4.39 Å². The third-order valence-electron chi connectivity index (χ3n) is 2.12. The Bertz CT molecular complexity index is 551. The van der Waals surface area contributed by atoms with Crippen molar-refractivity contribution < 1.29 is 4.39 Å². The minimum absolute atomic E-state index is 0.0248. The van der Waals surface area contributed by atoms with Crippen molar-refractivity contribution in [2.45, 2.75) is 0 Å². The molecule has 2 aromatic rings. The van der Waals surface area contributed by atoms with Gasteiger partial charge >= 0.3 is 0 Å². The second kappa shape index (κ2) is 3.96. The molecule has 2 N–H and O–H groups in total. The highest BCUT2D eigenvalue weighted by atomic mass is 35.5. The molecule has 1 heterocycles. The van der Waals surface area contributed by atoms with Gasteiger partial charge in [0.25, 0.3) is 0 Å². The molecule has 84 valence electrons. The van der Waals surface area contributed by atoms with Crippen molar-refractivity contribution >= 4 is 28.9 Å². The van der Waals surface area contributed by atoms with Gasteiger partial charge in [0, 0.05) is 18.8 Å². The molecule has 2 rings (SSSR count). The van der Waals surface area contributed by atoms with E-state index in [4.69, 9.17) is 28.9 Å². The van der Waals surface area contributed by atoms with Crippen molar-refractivity contribution in [1.29, 1.82) is 0 Å². The quantitative estimate of drug-likeness (QED) is 0.800. The second-order valence-electron chi connectivity index (χ2n) is 3.35. The van der Waals surface area contributed by atoms with E-state index >= 15 is 0 Å². The van der Waals surface area contributed by atoms with Gasteiger partial charge in [0.05, 0.1) is 15.7 Å². The maximum Gasteiger partial charge on any atom is 0.142 e. The fourth-order valence-corrected chi connectivity index (χ4v) is 1.89. The van der Waals surface area contributed by atoms with E-state index in [0.29, 0.717) is 22.0 Å². The molecule has 0 aliphatic rings. The number of halogens is 3. The Morgan fingerprint density at radius 1 is 1.31 bits per heavy atom. The topological polar surface area (TPSA) is 43.8 Å². The standard InChI is InChI=1S/C10H8Cl2FN3/c1-16-4-9(14)10(15-16)5-2-8(13)7(12)3-6(5)11/h2-4H,14H2,1H3. The monoisotopic (exact) mass is 259 g/mol. The maximum absolute atomic E-state index is 13.3. The molecule has 0 saturated carbocycles. The van der Waals surface area contributed by atoms with Gasteiger partial charge in [0.2, 0.25) is 0 Å². The molecule has 0 unspecified atom stereocenters. The predicted octanol–water partition coefficient (Wildman–Crippen LogP) is 3.12. The molecular formula is C10H8Cl2FN3. The number of aromatic nitrogens is 2. The van der Waals surface area contributed by atoms with E-state index in [2.05, 4.69) is 5.10 Å². The van der Waals surface area contributed by atoms with Gasteiger partial charge in [-0.1, -0.05) is 23.2 Å². The Morgan fingerprint density at radius 3 is 2.56 bits per heavy atom. The van der Waals surface area contributed by atoms with Gasteiger partial charge in [-0.2, -0.15) is 5.10 Å². The molecule has 6 heteroatoms. The SMILES string of the molecule is Cn1cc(N)c(-c2cc(F)c(Cl)cc2Cl)n1. The number of nitrogen functional groups attached to an aromatic ring is 1. The Labute approximate surface area is 102 Å². The van der Waals surface area contributed by atoms with Crippen molar-refractivity contribution in [3.63, 3.8) is 0 Å². The lowest BCUT2D eigenvalue weighted by molar-refractivity contribution is 0.628. The lowest BCUT2D eigenvalue weighted by Gasteiger charge is -2.03. The zero-order valence-corrected chi connectivity index (χ0v) is 9.85. The molecule has 1 aromatic heterocycles. The zero-order chi connectivity index (χ0) is 11.9. The van der Waals surface area contributed by atoms with Crippen molar-refractivity contribution in [2.24, 2.45) is 7.05 Å². The summed E-state index contributed by atoms with van der Waals surface area (Å²) < 4.78 is 14.9. The molecule has 0 saturated heterocycles. The summed E-state index contributed by atoms with van der Waals surface area (Å²) in [6.45, 7) is 0. The van der Waals surface area contributed by atoms with Crippen LogP contribution in [0.15, 0.2) is 18.3 Å². The van der Waals surface area contributed by atoms with Crippen LogP contribution in [0.4, 0.5) is 10.1 Å². The molecule has 1 aromatic carbocycles. The average Bonchev–Trinajstić information content (AvgIpc) is 2.51. The first-order chi connectivity index (χ1) is 7.49. The molecule has 0 bridgehead atoms. The molecular weight excluding hydrogens is 252 g/mol. The smallest absolute Gasteiger partial charge is 0.142 e. The van der Waals surface area contributed by atoms with Gasteiger partial charge in [-0.15, -0.1) is 0 Å². The minimum atomic E-state index is -0.550. The second-order valence-corrected chi connectivity index (χ2v) is 4.17. The largest absolute Gasteiger partial charge is 0.396 e. The summed E-state index contributed by atoms with van der Waals surface area (Å²) in [5, 5.41) is 4.40. The highest BCUT2D eigenvalue weighted by Gasteiger charge is 2.14. The van der Waals surface area contributed by atoms with E-state index in [-0.39, 0.29) is 5.02 Å². The Hall–Kier alpha value is -1.26. The summed E-state index contributed by atoms with van der Waals surface area (Å²) >= 11 is 11.6. The number of anilines is 1. The lowest BCUT2D eigenvalue weighted by atomic mass is 10.1.